The predicted molar refractivity (Wildman–Crippen MR) is 103 cm³/mol. The average molecular weight is 382 g/mol. The number of halogens is 3. The molecule has 3 aromatic rings. The molecule has 7 heteroatoms. The number of nitrogens with one attached hydrogen (secondary N) is 1. The first kappa shape index (κ1) is 17.9. The molecule has 0 radical (unpaired) electrons. The summed E-state index contributed by atoms with van der Waals surface area (Å²) in [6.07, 6.45) is 2.82. The fourth-order valence-electron chi connectivity index (χ4n) is 3.06. The molecule has 1 aliphatic rings. The van der Waals surface area contributed by atoms with Crippen molar-refractivity contribution in [3.8, 4) is 11.3 Å². The Labute approximate surface area is 160 Å². The lowest BCUT2D eigenvalue weighted by Crippen LogP contribution is -2.33. The molecule has 4 rings (SSSR count). The van der Waals surface area contributed by atoms with Gasteiger partial charge in [0.15, 0.2) is 0 Å². The molecule has 0 saturated heterocycles. The first-order valence-corrected chi connectivity index (χ1v) is 8.63. The number of anilines is 1. The van der Waals surface area contributed by atoms with Crippen LogP contribution >= 0.6 is 0 Å². The molecule has 0 aliphatic carbocycles. The summed E-state index contributed by atoms with van der Waals surface area (Å²) in [5.74, 6) is 0. The van der Waals surface area contributed by atoms with Crippen molar-refractivity contribution in [2.75, 3.05) is 5.01 Å². The highest BCUT2D eigenvalue weighted by molar-refractivity contribution is 5.80. The topological polar surface area (TPSA) is 33.1 Å². The zero-order chi connectivity index (χ0) is 19.7. The molecule has 0 atom stereocenters. The fraction of sp³-hybridized carbons (Fsp3) is 0.0952. The number of aryl methyl sites for hydroxylation is 1. The fourth-order valence-corrected chi connectivity index (χ4v) is 3.06. The zero-order valence-corrected chi connectivity index (χ0v) is 15.0. The summed E-state index contributed by atoms with van der Waals surface area (Å²) in [5.41, 5.74) is 6.22. The SMILES string of the molecule is Cn1cc(C2=CC=CN(c3cccc(C(F)(F)F)c3)N2)c(-c2ccccc2)n1. The van der Waals surface area contributed by atoms with Gasteiger partial charge < -0.3 is 0 Å². The molecule has 0 amide bonds. The van der Waals surface area contributed by atoms with E-state index in [1.807, 2.05) is 49.7 Å². The lowest BCUT2D eigenvalue weighted by atomic mass is 10.1. The molecule has 2 aromatic carbocycles. The minimum atomic E-state index is -4.39. The second-order valence-corrected chi connectivity index (χ2v) is 6.38. The maximum Gasteiger partial charge on any atom is 0.416 e. The van der Waals surface area contributed by atoms with Gasteiger partial charge in [0.1, 0.15) is 5.69 Å². The van der Waals surface area contributed by atoms with Crippen LogP contribution in [0.4, 0.5) is 18.9 Å². The van der Waals surface area contributed by atoms with Crippen molar-refractivity contribution >= 4 is 11.4 Å². The maximum atomic E-state index is 13.0. The van der Waals surface area contributed by atoms with E-state index < -0.39 is 11.7 Å². The van der Waals surface area contributed by atoms with Gasteiger partial charge in [0.05, 0.1) is 16.9 Å². The summed E-state index contributed by atoms with van der Waals surface area (Å²) in [6.45, 7) is 0. The van der Waals surface area contributed by atoms with Crippen LogP contribution in [0, 0.1) is 0 Å². The largest absolute Gasteiger partial charge is 0.416 e. The molecule has 1 N–H and O–H groups in total. The molecule has 142 valence electrons. The average Bonchev–Trinajstić information content (AvgIpc) is 3.10. The number of hydrogen-bond acceptors (Lipinski definition) is 3. The first-order valence-electron chi connectivity index (χ1n) is 8.63. The summed E-state index contributed by atoms with van der Waals surface area (Å²) in [7, 11) is 1.83. The normalized spacial score (nSPS) is 14.0. The van der Waals surface area contributed by atoms with Gasteiger partial charge >= 0.3 is 6.18 Å². The van der Waals surface area contributed by atoms with Gasteiger partial charge in [-0.2, -0.15) is 18.3 Å². The highest BCUT2D eigenvalue weighted by Crippen LogP contribution is 2.33. The summed E-state index contributed by atoms with van der Waals surface area (Å²) < 4.78 is 40.8. The van der Waals surface area contributed by atoms with E-state index in [1.165, 1.54) is 6.07 Å². The Kier molecular flexibility index (Phi) is 4.43. The van der Waals surface area contributed by atoms with E-state index in [2.05, 4.69) is 10.5 Å². The van der Waals surface area contributed by atoms with Crippen molar-refractivity contribution in [2.45, 2.75) is 6.18 Å². The summed E-state index contributed by atoms with van der Waals surface area (Å²) in [6, 6.07) is 14.9. The maximum absolute atomic E-state index is 13.0. The number of allylic oxidation sites excluding steroid dienone is 2. The number of aromatic nitrogens is 2. The number of hydrogen-bond donors (Lipinski definition) is 1. The molecule has 0 bridgehead atoms. The van der Waals surface area contributed by atoms with Gasteiger partial charge in [-0.25, -0.2) is 0 Å². The lowest BCUT2D eigenvalue weighted by Gasteiger charge is -2.27. The van der Waals surface area contributed by atoms with Crippen LogP contribution in [0.3, 0.4) is 0 Å². The third-order valence-corrected chi connectivity index (χ3v) is 4.36. The van der Waals surface area contributed by atoms with E-state index >= 15 is 0 Å². The lowest BCUT2D eigenvalue weighted by molar-refractivity contribution is -0.137. The van der Waals surface area contributed by atoms with Crippen LogP contribution in [0.2, 0.25) is 0 Å². The predicted octanol–water partition coefficient (Wildman–Crippen LogP) is 4.99. The van der Waals surface area contributed by atoms with E-state index in [0.29, 0.717) is 5.69 Å². The molecule has 0 unspecified atom stereocenters. The Bertz CT molecular complexity index is 1050. The number of rotatable bonds is 3. The van der Waals surface area contributed by atoms with Crippen LogP contribution in [-0.4, -0.2) is 9.78 Å². The van der Waals surface area contributed by atoms with E-state index in [9.17, 15) is 13.2 Å². The summed E-state index contributed by atoms with van der Waals surface area (Å²) in [4.78, 5) is 0. The minimum absolute atomic E-state index is 0.391. The van der Waals surface area contributed by atoms with E-state index in [1.54, 1.807) is 28.0 Å². The number of nitrogens with zero attached hydrogens (tertiary/aromatic N) is 3. The Morgan fingerprint density at radius 1 is 1.00 bits per heavy atom. The van der Waals surface area contributed by atoms with Gasteiger partial charge in [-0.1, -0.05) is 36.4 Å². The van der Waals surface area contributed by atoms with E-state index in [-0.39, 0.29) is 0 Å². The second kappa shape index (κ2) is 6.92. The molecular weight excluding hydrogens is 365 g/mol. The van der Waals surface area contributed by atoms with Crippen LogP contribution in [0.15, 0.2) is 79.1 Å². The first-order chi connectivity index (χ1) is 13.4. The Morgan fingerprint density at radius 2 is 1.79 bits per heavy atom. The molecule has 4 nitrogen and oxygen atoms in total. The van der Waals surface area contributed by atoms with Crippen molar-refractivity contribution in [1.29, 1.82) is 0 Å². The molecule has 0 spiro atoms. The molecule has 0 fully saturated rings. The molecule has 28 heavy (non-hydrogen) atoms. The van der Waals surface area contributed by atoms with Crippen LogP contribution in [0.5, 0.6) is 0 Å². The quantitative estimate of drug-likeness (QED) is 0.693. The van der Waals surface area contributed by atoms with Crippen molar-refractivity contribution in [2.24, 2.45) is 7.05 Å². The molecular formula is C21H17F3N4. The summed E-state index contributed by atoms with van der Waals surface area (Å²) >= 11 is 0. The van der Waals surface area contributed by atoms with Gasteiger partial charge in [-0.05, 0) is 30.4 Å². The molecule has 0 saturated carbocycles. The third kappa shape index (κ3) is 3.51. The monoisotopic (exact) mass is 382 g/mol. The highest BCUT2D eigenvalue weighted by Gasteiger charge is 2.31. The van der Waals surface area contributed by atoms with Gasteiger partial charge in [0, 0.05) is 30.6 Å². The zero-order valence-electron chi connectivity index (χ0n) is 15.0. The summed E-state index contributed by atoms with van der Waals surface area (Å²) in [5, 5.41) is 6.11. The smallest absolute Gasteiger partial charge is 0.294 e. The van der Waals surface area contributed by atoms with Crippen LogP contribution < -0.4 is 10.4 Å². The van der Waals surface area contributed by atoms with Crippen molar-refractivity contribution in [1.82, 2.24) is 15.2 Å². The van der Waals surface area contributed by atoms with Gasteiger partial charge in [0.25, 0.3) is 0 Å². The number of benzene rings is 2. The third-order valence-electron chi connectivity index (χ3n) is 4.36. The Morgan fingerprint density at radius 3 is 2.54 bits per heavy atom. The number of alkyl halides is 3. The van der Waals surface area contributed by atoms with E-state index in [0.717, 1.165) is 34.7 Å². The molecule has 1 aromatic heterocycles. The van der Waals surface area contributed by atoms with Gasteiger partial charge in [0.2, 0.25) is 0 Å². The van der Waals surface area contributed by atoms with Gasteiger partial charge in [-0.3, -0.25) is 15.1 Å². The van der Waals surface area contributed by atoms with Crippen LogP contribution in [0.25, 0.3) is 17.0 Å². The molecule has 2 heterocycles. The van der Waals surface area contributed by atoms with Gasteiger partial charge in [-0.15, -0.1) is 0 Å². The molecule has 1 aliphatic heterocycles. The second-order valence-electron chi connectivity index (χ2n) is 6.38. The van der Waals surface area contributed by atoms with Crippen molar-refractivity contribution in [3.05, 3.63) is 90.3 Å². The highest BCUT2D eigenvalue weighted by atomic mass is 19.4. The number of hydrazine groups is 1. The standard InChI is InChI=1S/C21H17F3N4/c1-27-14-18(20(26-27)15-7-3-2-4-8-15)19-11-6-12-28(25-19)17-10-5-9-16(13-17)21(22,23)24/h2-14,25H,1H3. The minimum Gasteiger partial charge on any atom is -0.294 e. The Balaban J connectivity index is 1.66. The van der Waals surface area contributed by atoms with Crippen molar-refractivity contribution in [3.63, 3.8) is 0 Å². The van der Waals surface area contributed by atoms with Crippen LogP contribution in [-0.2, 0) is 13.2 Å². The van der Waals surface area contributed by atoms with Crippen LogP contribution in [0.1, 0.15) is 11.1 Å². The van der Waals surface area contributed by atoms with E-state index in [4.69, 9.17) is 0 Å². The Hall–Kier alpha value is -3.48. The van der Waals surface area contributed by atoms with Crippen molar-refractivity contribution < 1.29 is 13.2 Å².